The Morgan fingerprint density at radius 2 is 2.00 bits per heavy atom. The Kier molecular flexibility index (Phi) is 4.55. The molecule has 1 fully saturated rings. The van der Waals surface area contributed by atoms with Gasteiger partial charge in [-0.25, -0.2) is 0 Å². The molecule has 1 amide bonds. The lowest BCUT2D eigenvalue weighted by Gasteiger charge is -2.50. The molecule has 4 nitrogen and oxygen atoms in total. The largest absolute Gasteiger partial charge is 0.392 e. The van der Waals surface area contributed by atoms with Gasteiger partial charge in [0.15, 0.2) is 0 Å². The van der Waals surface area contributed by atoms with E-state index in [1.165, 1.54) is 0 Å². The summed E-state index contributed by atoms with van der Waals surface area (Å²) in [5.41, 5.74) is -0.127. The number of carbonyl (C=O) groups excluding carboxylic acids is 1. The number of nitrogens with one attached hydrogen (secondary N) is 1. The summed E-state index contributed by atoms with van der Waals surface area (Å²) < 4.78 is 0. The van der Waals surface area contributed by atoms with Gasteiger partial charge in [-0.1, -0.05) is 13.8 Å². The van der Waals surface area contributed by atoms with Crippen molar-refractivity contribution in [1.82, 2.24) is 10.2 Å². The zero-order valence-electron chi connectivity index (χ0n) is 11.7. The van der Waals surface area contributed by atoms with Crippen molar-refractivity contribution < 1.29 is 9.90 Å². The van der Waals surface area contributed by atoms with E-state index < -0.39 is 0 Å². The molecule has 4 heteroatoms. The van der Waals surface area contributed by atoms with Crippen LogP contribution in [0.1, 0.15) is 41.0 Å². The van der Waals surface area contributed by atoms with E-state index in [2.05, 4.69) is 5.32 Å². The molecule has 1 saturated carbocycles. The van der Waals surface area contributed by atoms with Crippen LogP contribution in [0.4, 0.5) is 0 Å². The van der Waals surface area contributed by atoms with Crippen molar-refractivity contribution in [3.63, 3.8) is 0 Å². The van der Waals surface area contributed by atoms with Gasteiger partial charge in [-0.15, -0.1) is 0 Å². The fourth-order valence-electron chi connectivity index (χ4n) is 2.37. The Morgan fingerprint density at radius 1 is 1.47 bits per heavy atom. The molecule has 0 spiro atoms. The Bertz CT molecular complexity index is 275. The summed E-state index contributed by atoms with van der Waals surface area (Å²) in [5.74, 6) is 0.146. The number of rotatable bonds is 5. The molecule has 0 saturated heterocycles. The predicted octanol–water partition coefficient (Wildman–Crippen LogP) is 0.992. The number of aliphatic hydroxyl groups excluding tert-OH is 1. The first kappa shape index (κ1) is 14.5. The zero-order chi connectivity index (χ0) is 13.2. The van der Waals surface area contributed by atoms with Crippen molar-refractivity contribution >= 4 is 5.91 Å². The third-order valence-electron chi connectivity index (χ3n) is 4.11. The Balaban J connectivity index is 2.50. The number of hydrogen-bond acceptors (Lipinski definition) is 3. The average Bonchev–Trinajstić information content (AvgIpc) is 2.29. The highest BCUT2D eigenvalue weighted by Gasteiger charge is 2.47. The summed E-state index contributed by atoms with van der Waals surface area (Å²) in [6, 6.07) is 0.0543. The van der Waals surface area contributed by atoms with E-state index in [9.17, 15) is 9.90 Å². The fourth-order valence-corrected chi connectivity index (χ4v) is 2.37. The smallest absolute Gasteiger partial charge is 0.239 e. The van der Waals surface area contributed by atoms with Crippen LogP contribution >= 0.6 is 0 Å². The van der Waals surface area contributed by atoms with E-state index >= 15 is 0 Å². The van der Waals surface area contributed by atoms with Crippen molar-refractivity contribution in [2.45, 2.75) is 59.2 Å². The van der Waals surface area contributed by atoms with Crippen molar-refractivity contribution in [3.05, 3.63) is 0 Å². The molecule has 0 aromatic carbocycles. The quantitative estimate of drug-likeness (QED) is 0.756. The van der Waals surface area contributed by atoms with Crippen molar-refractivity contribution in [3.8, 4) is 0 Å². The van der Waals surface area contributed by atoms with Gasteiger partial charge in [0, 0.05) is 24.5 Å². The summed E-state index contributed by atoms with van der Waals surface area (Å²) in [4.78, 5) is 13.9. The molecule has 0 aliphatic heterocycles. The highest BCUT2D eigenvalue weighted by molar-refractivity contribution is 5.81. The Labute approximate surface area is 104 Å². The van der Waals surface area contributed by atoms with Crippen molar-refractivity contribution in [1.29, 1.82) is 0 Å². The molecular weight excluding hydrogens is 216 g/mol. The molecule has 17 heavy (non-hydrogen) atoms. The number of likely N-dealkylation sites (N-methyl/N-ethyl adjacent to an activating group) is 1. The lowest BCUT2D eigenvalue weighted by atomic mass is 9.64. The summed E-state index contributed by atoms with van der Waals surface area (Å²) >= 11 is 0. The van der Waals surface area contributed by atoms with Gasteiger partial charge in [0.25, 0.3) is 0 Å². The first-order valence-corrected chi connectivity index (χ1v) is 6.57. The van der Waals surface area contributed by atoms with E-state index in [-0.39, 0.29) is 29.5 Å². The molecular formula is C13H26N2O2. The number of amides is 1. The van der Waals surface area contributed by atoms with Crippen molar-refractivity contribution in [2.24, 2.45) is 5.41 Å². The van der Waals surface area contributed by atoms with Gasteiger partial charge in [0.2, 0.25) is 5.91 Å². The maximum Gasteiger partial charge on any atom is 0.239 e. The molecule has 1 aliphatic carbocycles. The lowest BCUT2D eigenvalue weighted by molar-refractivity contribution is -0.135. The molecule has 1 aliphatic rings. The fraction of sp³-hybridized carbons (Fsp3) is 0.923. The maximum absolute atomic E-state index is 12.1. The summed E-state index contributed by atoms with van der Waals surface area (Å²) in [6.45, 7) is 11.5. The van der Waals surface area contributed by atoms with Gasteiger partial charge in [-0.05, 0) is 27.2 Å². The lowest BCUT2D eigenvalue weighted by Crippen LogP contribution is -2.63. The van der Waals surface area contributed by atoms with Gasteiger partial charge in [0.1, 0.15) is 0 Å². The topological polar surface area (TPSA) is 52.6 Å². The third kappa shape index (κ3) is 2.80. The normalized spacial score (nSPS) is 28.4. The number of hydrogen-bond donors (Lipinski definition) is 2. The van der Waals surface area contributed by atoms with E-state index in [4.69, 9.17) is 0 Å². The second-order valence-corrected chi connectivity index (χ2v) is 5.52. The van der Waals surface area contributed by atoms with Gasteiger partial charge in [-0.3, -0.25) is 4.79 Å². The first-order chi connectivity index (χ1) is 7.84. The summed E-state index contributed by atoms with van der Waals surface area (Å²) in [7, 11) is 0. The Hall–Kier alpha value is -0.610. The minimum atomic E-state index is -0.254. The molecule has 0 aromatic heterocycles. The second-order valence-electron chi connectivity index (χ2n) is 5.52. The van der Waals surface area contributed by atoms with Crippen LogP contribution in [0.2, 0.25) is 0 Å². The SMILES string of the molecule is CCN(CC)C(=O)C(C)NC1CC(O)C1(C)C. The highest BCUT2D eigenvalue weighted by atomic mass is 16.3. The van der Waals surface area contributed by atoms with Gasteiger partial charge in [0.05, 0.1) is 12.1 Å². The molecule has 100 valence electrons. The first-order valence-electron chi connectivity index (χ1n) is 6.57. The zero-order valence-corrected chi connectivity index (χ0v) is 11.7. The third-order valence-corrected chi connectivity index (χ3v) is 4.11. The Morgan fingerprint density at radius 3 is 2.35 bits per heavy atom. The predicted molar refractivity (Wildman–Crippen MR) is 68.7 cm³/mol. The number of nitrogens with zero attached hydrogens (tertiary/aromatic N) is 1. The minimum Gasteiger partial charge on any atom is -0.392 e. The van der Waals surface area contributed by atoms with Gasteiger partial charge in [-0.2, -0.15) is 0 Å². The highest BCUT2D eigenvalue weighted by Crippen LogP contribution is 2.40. The second kappa shape index (κ2) is 5.36. The van der Waals surface area contributed by atoms with E-state index in [0.29, 0.717) is 0 Å². The minimum absolute atomic E-state index is 0.127. The maximum atomic E-state index is 12.1. The molecule has 2 N–H and O–H groups in total. The number of aliphatic hydroxyl groups is 1. The monoisotopic (exact) mass is 242 g/mol. The van der Waals surface area contributed by atoms with E-state index in [1.54, 1.807) is 0 Å². The molecule has 3 atom stereocenters. The van der Waals surface area contributed by atoms with Crippen LogP contribution in [-0.2, 0) is 4.79 Å². The molecule has 0 radical (unpaired) electrons. The van der Waals surface area contributed by atoms with Crippen LogP contribution < -0.4 is 5.32 Å². The van der Waals surface area contributed by atoms with Crippen LogP contribution in [0.5, 0.6) is 0 Å². The number of carbonyl (C=O) groups is 1. The van der Waals surface area contributed by atoms with Crippen molar-refractivity contribution in [2.75, 3.05) is 13.1 Å². The summed E-state index contributed by atoms with van der Waals surface area (Å²) in [6.07, 6.45) is 0.485. The van der Waals surface area contributed by atoms with Crippen LogP contribution in [0.25, 0.3) is 0 Å². The molecule has 1 rings (SSSR count). The molecule has 0 aromatic rings. The van der Waals surface area contributed by atoms with Crippen LogP contribution in [0.3, 0.4) is 0 Å². The molecule has 0 heterocycles. The van der Waals surface area contributed by atoms with Gasteiger partial charge >= 0.3 is 0 Å². The average molecular weight is 242 g/mol. The van der Waals surface area contributed by atoms with Crippen LogP contribution in [-0.4, -0.2) is 47.2 Å². The van der Waals surface area contributed by atoms with E-state index in [1.807, 2.05) is 39.5 Å². The molecule has 0 bridgehead atoms. The molecule has 3 unspecified atom stereocenters. The van der Waals surface area contributed by atoms with Gasteiger partial charge < -0.3 is 15.3 Å². The van der Waals surface area contributed by atoms with Crippen LogP contribution in [0.15, 0.2) is 0 Å². The standard InChI is InChI=1S/C13H26N2O2/c1-6-15(7-2)12(17)9(3)14-10-8-11(16)13(10,4)5/h9-11,14,16H,6-8H2,1-5H3. The van der Waals surface area contributed by atoms with Crippen LogP contribution in [0, 0.1) is 5.41 Å². The van der Waals surface area contributed by atoms with E-state index in [0.717, 1.165) is 19.5 Å². The summed E-state index contributed by atoms with van der Waals surface area (Å²) in [5, 5.41) is 13.0.